The highest BCUT2D eigenvalue weighted by atomic mass is 16.5. The third-order valence-corrected chi connectivity index (χ3v) is 2.87. The Bertz CT molecular complexity index is 663. The Morgan fingerprint density at radius 2 is 2.29 bits per heavy atom. The van der Waals surface area contributed by atoms with Crippen LogP contribution >= 0.6 is 0 Å². The first-order valence-electron chi connectivity index (χ1n) is 6.52. The average Bonchev–Trinajstić information content (AvgIpc) is 2.52. The molecule has 0 aliphatic carbocycles. The molecule has 0 radical (unpaired) electrons. The smallest absolute Gasteiger partial charge is 0.159 e. The Balaban J connectivity index is 1.94. The molecule has 2 aromatic rings. The summed E-state index contributed by atoms with van der Waals surface area (Å²) in [7, 11) is 0. The Morgan fingerprint density at radius 3 is 2.95 bits per heavy atom. The van der Waals surface area contributed by atoms with Gasteiger partial charge in [-0.1, -0.05) is 0 Å². The van der Waals surface area contributed by atoms with E-state index >= 15 is 0 Å². The molecular weight excluding hydrogens is 266 g/mol. The van der Waals surface area contributed by atoms with Crippen LogP contribution in [0.3, 0.4) is 0 Å². The monoisotopic (exact) mass is 281 g/mol. The Kier molecular flexibility index (Phi) is 4.89. The van der Waals surface area contributed by atoms with Crippen molar-refractivity contribution in [3.05, 3.63) is 53.9 Å². The summed E-state index contributed by atoms with van der Waals surface area (Å²) in [5, 5.41) is 12.2. The van der Waals surface area contributed by atoms with Crippen LogP contribution in [0.15, 0.2) is 42.7 Å². The van der Waals surface area contributed by atoms with E-state index in [2.05, 4.69) is 16.4 Å². The molecule has 2 rings (SSSR count). The molecule has 0 saturated carbocycles. The fourth-order valence-electron chi connectivity index (χ4n) is 1.79. The summed E-state index contributed by atoms with van der Waals surface area (Å²) in [6.07, 6.45) is 3.31. The minimum atomic E-state index is -0.0332. The molecule has 0 amide bonds. The van der Waals surface area contributed by atoms with Crippen LogP contribution in [0.2, 0.25) is 0 Å². The van der Waals surface area contributed by atoms with Gasteiger partial charge in [-0.2, -0.15) is 5.26 Å². The topological polar surface area (TPSA) is 75.0 Å². The van der Waals surface area contributed by atoms with Crippen molar-refractivity contribution in [3.8, 4) is 11.8 Å². The van der Waals surface area contributed by atoms with Crippen LogP contribution in [0, 0.1) is 11.3 Å². The van der Waals surface area contributed by atoms with E-state index in [1.165, 1.54) is 6.92 Å². The van der Waals surface area contributed by atoms with Gasteiger partial charge < -0.3 is 10.1 Å². The number of hydrogen-bond donors (Lipinski definition) is 1. The first-order valence-corrected chi connectivity index (χ1v) is 6.52. The molecule has 0 saturated heterocycles. The number of rotatable bonds is 6. The third kappa shape index (κ3) is 4.05. The number of nitriles is 1. The van der Waals surface area contributed by atoms with E-state index in [4.69, 9.17) is 10.00 Å². The van der Waals surface area contributed by atoms with Crippen molar-refractivity contribution in [1.82, 2.24) is 4.98 Å². The van der Waals surface area contributed by atoms with Crippen LogP contribution in [-0.2, 0) is 0 Å². The Hall–Kier alpha value is -2.87. The van der Waals surface area contributed by atoms with Gasteiger partial charge in [0.15, 0.2) is 5.78 Å². The summed E-state index contributed by atoms with van der Waals surface area (Å²) < 4.78 is 5.50. The van der Waals surface area contributed by atoms with Crippen molar-refractivity contribution >= 4 is 11.5 Å². The van der Waals surface area contributed by atoms with Crippen molar-refractivity contribution in [2.24, 2.45) is 0 Å². The Labute approximate surface area is 123 Å². The van der Waals surface area contributed by atoms with Gasteiger partial charge in [-0.05, 0) is 37.3 Å². The number of ketones is 1. The van der Waals surface area contributed by atoms with E-state index in [0.717, 1.165) is 0 Å². The number of pyridine rings is 1. The zero-order valence-electron chi connectivity index (χ0n) is 11.7. The van der Waals surface area contributed by atoms with Gasteiger partial charge in [0.2, 0.25) is 0 Å². The molecular formula is C16H15N3O2. The summed E-state index contributed by atoms with van der Waals surface area (Å²) in [5.41, 5.74) is 1.71. The number of nitrogens with zero attached hydrogens (tertiary/aromatic N) is 2. The first-order chi connectivity index (χ1) is 10.2. The SMILES string of the molecule is CC(=O)c1ccc(C#N)c(NCCOc2cccnc2)c1. The van der Waals surface area contributed by atoms with Crippen molar-refractivity contribution in [2.75, 3.05) is 18.5 Å². The van der Waals surface area contributed by atoms with Crippen LogP contribution in [0.5, 0.6) is 5.75 Å². The maximum Gasteiger partial charge on any atom is 0.159 e. The fraction of sp³-hybridized carbons (Fsp3) is 0.188. The molecule has 0 fully saturated rings. The molecule has 21 heavy (non-hydrogen) atoms. The molecule has 0 atom stereocenters. The number of ether oxygens (including phenoxy) is 1. The standard InChI is InChI=1S/C16H15N3O2/c1-12(20)13-4-5-14(10-17)16(9-13)19-7-8-21-15-3-2-6-18-11-15/h2-6,9,11,19H,7-8H2,1H3. The number of Topliss-reactive ketones (excluding diaryl/α,β-unsaturated/α-hetero) is 1. The molecule has 0 aliphatic heterocycles. The van der Waals surface area contributed by atoms with E-state index < -0.39 is 0 Å². The molecule has 0 aliphatic rings. The number of carbonyl (C=O) groups excluding carboxylic acids is 1. The van der Waals surface area contributed by atoms with Crippen molar-refractivity contribution in [3.63, 3.8) is 0 Å². The maximum atomic E-state index is 11.4. The number of anilines is 1. The predicted molar refractivity (Wildman–Crippen MR) is 79.4 cm³/mol. The van der Waals surface area contributed by atoms with Gasteiger partial charge in [0.05, 0.1) is 17.4 Å². The lowest BCUT2D eigenvalue weighted by Crippen LogP contribution is -2.12. The van der Waals surface area contributed by atoms with Crippen molar-refractivity contribution < 1.29 is 9.53 Å². The summed E-state index contributed by atoms with van der Waals surface area (Å²) in [4.78, 5) is 15.3. The lowest BCUT2D eigenvalue weighted by Gasteiger charge is -2.10. The summed E-state index contributed by atoms with van der Waals surface area (Å²) in [6.45, 7) is 2.45. The normalized spacial score (nSPS) is 9.71. The van der Waals surface area contributed by atoms with Crippen LogP contribution in [0.4, 0.5) is 5.69 Å². The minimum Gasteiger partial charge on any atom is -0.490 e. The zero-order valence-corrected chi connectivity index (χ0v) is 11.7. The van der Waals surface area contributed by atoms with Gasteiger partial charge in [-0.3, -0.25) is 9.78 Å². The average molecular weight is 281 g/mol. The van der Waals surface area contributed by atoms with Gasteiger partial charge >= 0.3 is 0 Å². The Morgan fingerprint density at radius 1 is 1.43 bits per heavy atom. The van der Waals surface area contributed by atoms with Crippen LogP contribution in [0.25, 0.3) is 0 Å². The van der Waals surface area contributed by atoms with Gasteiger partial charge in [-0.15, -0.1) is 0 Å². The molecule has 0 bridgehead atoms. The van der Waals surface area contributed by atoms with Crippen molar-refractivity contribution in [1.29, 1.82) is 5.26 Å². The highest BCUT2D eigenvalue weighted by molar-refractivity contribution is 5.95. The van der Waals surface area contributed by atoms with E-state index in [0.29, 0.717) is 35.7 Å². The summed E-state index contributed by atoms with van der Waals surface area (Å²) in [5.74, 6) is 0.659. The van der Waals surface area contributed by atoms with E-state index in [9.17, 15) is 4.79 Å². The van der Waals surface area contributed by atoms with Crippen LogP contribution < -0.4 is 10.1 Å². The van der Waals surface area contributed by atoms with Gasteiger partial charge in [0, 0.05) is 18.3 Å². The second-order valence-electron chi connectivity index (χ2n) is 4.39. The first kappa shape index (κ1) is 14.5. The lowest BCUT2D eigenvalue weighted by molar-refractivity contribution is 0.101. The second-order valence-corrected chi connectivity index (χ2v) is 4.39. The fourth-order valence-corrected chi connectivity index (χ4v) is 1.79. The summed E-state index contributed by atoms with van der Waals surface area (Å²) in [6, 6.07) is 10.7. The number of carbonyl (C=O) groups is 1. The molecule has 1 aromatic heterocycles. The summed E-state index contributed by atoms with van der Waals surface area (Å²) >= 11 is 0. The zero-order chi connectivity index (χ0) is 15.1. The molecule has 1 N–H and O–H groups in total. The largest absolute Gasteiger partial charge is 0.490 e. The van der Waals surface area contributed by atoms with E-state index in [1.54, 1.807) is 36.7 Å². The lowest BCUT2D eigenvalue weighted by atomic mass is 10.1. The number of nitrogens with one attached hydrogen (secondary N) is 1. The van der Waals surface area contributed by atoms with Gasteiger partial charge in [0.1, 0.15) is 18.4 Å². The van der Waals surface area contributed by atoms with Gasteiger partial charge in [0.25, 0.3) is 0 Å². The molecule has 106 valence electrons. The predicted octanol–water partition coefficient (Wildman–Crippen LogP) is 2.65. The number of benzene rings is 1. The second kappa shape index (κ2) is 7.06. The number of aromatic nitrogens is 1. The highest BCUT2D eigenvalue weighted by Gasteiger charge is 2.06. The van der Waals surface area contributed by atoms with Gasteiger partial charge in [-0.25, -0.2) is 0 Å². The molecule has 5 heteroatoms. The quantitative estimate of drug-likeness (QED) is 0.650. The minimum absolute atomic E-state index is 0.0332. The molecule has 0 spiro atoms. The molecule has 1 aromatic carbocycles. The molecule has 1 heterocycles. The van der Waals surface area contributed by atoms with Crippen LogP contribution in [0.1, 0.15) is 22.8 Å². The maximum absolute atomic E-state index is 11.4. The van der Waals surface area contributed by atoms with Crippen LogP contribution in [-0.4, -0.2) is 23.9 Å². The molecule has 0 unspecified atom stereocenters. The highest BCUT2D eigenvalue weighted by Crippen LogP contribution is 2.17. The molecule has 5 nitrogen and oxygen atoms in total. The number of hydrogen-bond acceptors (Lipinski definition) is 5. The van der Waals surface area contributed by atoms with E-state index in [1.807, 2.05) is 6.07 Å². The van der Waals surface area contributed by atoms with Crippen molar-refractivity contribution in [2.45, 2.75) is 6.92 Å². The van der Waals surface area contributed by atoms with E-state index in [-0.39, 0.29) is 5.78 Å². The third-order valence-electron chi connectivity index (χ3n) is 2.87.